The van der Waals surface area contributed by atoms with Crippen LogP contribution in [0.15, 0.2) is 67.3 Å². The Kier molecular flexibility index (Phi) is 6.97. The number of esters is 1. The summed E-state index contributed by atoms with van der Waals surface area (Å²) in [6.07, 6.45) is 4.36. The fraction of sp³-hybridized carbons (Fsp3) is 0.0870. The monoisotopic (exact) mass is 451 g/mol. The van der Waals surface area contributed by atoms with Crippen LogP contribution in [0.5, 0.6) is 5.88 Å². The molecule has 32 heavy (non-hydrogen) atoms. The van der Waals surface area contributed by atoms with E-state index in [0.717, 1.165) is 11.6 Å². The van der Waals surface area contributed by atoms with E-state index in [1.54, 1.807) is 13.0 Å². The van der Waals surface area contributed by atoms with E-state index in [0.29, 0.717) is 5.69 Å². The number of benzene rings is 2. The van der Waals surface area contributed by atoms with Crippen LogP contribution in [0.2, 0.25) is 5.02 Å². The molecule has 3 aromatic rings. The third-order valence-electron chi connectivity index (χ3n) is 4.43. The van der Waals surface area contributed by atoms with Crippen molar-refractivity contribution in [2.75, 3.05) is 0 Å². The molecule has 0 N–H and O–H groups in total. The van der Waals surface area contributed by atoms with Gasteiger partial charge in [0, 0.05) is 23.8 Å². The molecule has 0 spiro atoms. The first-order chi connectivity index (χ1) is 15.3. The van der Waals surface area contributed by atoms with Crippen molar-refractivity contribution in [3.05, 3.63) is 105 Å². The van der Waals surface area contributed by atoms with Crippen molar-refractivity contribution in [2.24, 2.45) is 0 Å². The topological polar surface area (TPSA) is 104 Å². The Bertz CT molecular complexity index is 1230. The van der Waals surface area contributed by atoms with Crippen molar-refractivity contribution >= 4 is 35.1 Å². The number of allylic oxidation sites excluding steroid dienone is 1. The summed E-state index contributed by atoms with van der Waals surface area (Å²) in [5.41, 5.74) is 0.915. The highest BCUT2D eigenvalue weighted by atomic mass is 35.5. The molecule has 2 aromatic carbocycles. The van der Waals surface area contributed by atoms with Crippen molar-refractivity contribution in [2.45, 2.75) is 13.5 Å². The molecule has 8 nitrogen and oxygen atoms in total. The van der Waals surface area contributed by atoms with Gasteiger partial charge in [-0.3, -0.25) is 14.9 Å². The van der Waals surface area contributed by atoms with Crippen LogP contribution in [0.3, 0.4) is 0 Å². The average Bonchev–Trinajstić information content (AvgIpc) is 3.07. The Morgan fingerprint density at radius 1 is 1.25 bits per heavy atom. The lowest BCUT2D eigenvalue weighted by Crippen LogP contribution is -2.13. The summed E-state index contributed by atoms with van der Waals surface area (Å²) >= 11 is 6.13. The summed E-state index contributed by atoms with van der Waals surface area (Å²) in [5.74, 6) is -1.35. The number of non-ortho nitro benzene ring substituents is 1. The molecule has 0 radical (unpaired) electrons. The fourth-order valence-corrected chi connectivity index (χ4v) is 3.23. The molecule has 0 atom stereocenters. The van der Waals surface area contributed by atoms with Crippen LogP contribution >= 0.6 is 11.6 Å². The molecule has 0 unspecified atom stereocenters. The minimum atomic E-state index is -0.706. The zero-order valence-corrected chi connectivity index (χ0v) is 17.8. The van der Waals surface area contributed by atoms with Crippen molar-refractivity contribution in [3.8, 4) is 5.88 Å². The first kappa shape index (κ1) is 22.6. The maximum absolute atomic E-state index is 13.2. The molecule has 0 saturated heterocycles. The summed E-state index contributed by atoms with van der Waals surface area (Å²) in [4.78, 5) is 36.0. The van der Waals surface area contributed by atoms with Gasteiger partial charge in [-0.1, -0.05) is 48.0 Å². The van der Waals surface area contributed by atoms with Crippen molar-refractivity contribution in [1.29, 1.82) is 0 Å². The van der Waals surface area contributed by atoms with Crippen LogP contribution in [0.25, 0.3) is 6.08 Å². The first-order valence-electron chi connectivity index (χ1n) is 9.43. The number of hydrogen-bond acceptors (Lipinski definition) is 6. The molecule has 3 rings (SSSR count). The van der Waals surface area contributed by atoms with Gasteiger partial charge in [-0.05, 0) is 24.6 Å². The highest BCUT2D eigenvalue weighted by Gasteiger charge is 2.27. The van der Waals surface area contributed by atoms with E-state index < -0.39 is 16.7 Å². The zero-order chi connectivity index (χ0) is 23.3. The molecular formula is C23H18ClN3O5. The van der Waals surface area contributed by atoms with Crippen LogP contribution in [-0.4, -0.2) is 26.5 Å². The second kappa shape index (κ2) is 9.84. The zero-order valence-electron chi connectivity index (χ0n) is 17.0. The van der Waals surface area contributed by atoms with Crippen LogP contribution in [0.4, 0.5) is 5.69 Å². The highest BCUT2D eigenvalue weighted by molar-refractivity contribution is 6.35. The lowest BCUT2D eigenvalue weighted by Gasteiger charge is -2.08. The van der Waals surface area contributed by atoms with Gasteiger partial charge in [0.1, 0.15) is 5.56 Å². The van der Waals surface area contributed by atoms with Gasteiger partial charge in [-0.25, -0.2) is 9.48 Å². The van der Waals surface area contributed by atoms with Crippen molar-refractivity contribution in [3.63, 3.8) is 0 Å². The number of nitrogens with zero attached hydrogens (tertiary/aromatic N) is 3. The van der Waals surface area contributed by atoms with Crippen LogP contribution in [0.1, 0.15) is 27.2 Å². The van der Waals surface area contributed by atoms with Gasteiger partial charge >= 0.3 is 5.97 Å². The SMILES string of the molecule is C=CCn1nc(C)c(C(=O)c2ccc([N+](=O)[O-])cc2Cl)c1OC(=O)/C=C/c1ccccc1. The molecule has 0 aliphatic carbocycles. The molecule has 0 bridgehead atoms. The number of aryl methyl sites for hydroxylation is 1. The molecule has 0 saturated carbocycles. The van der Waals surface area contributed by atoms with E-state index in [2.05, 4.69) is 11.7 Å². The van der Waals surface area contributed by atoms with Gasteiger partial charge in [-0.15, -0.1) is 6.58 Å². The number of carbonyl (C=O) groups excluding carboxylic acids is 2. The van der Waals surface area contributed by atoms with Crippen LogP contribution in [0, 0.1) is 17.0 Å². The lowest BCUT2D eigenvalue weighted by atomic mass is 10.0. The van der Waals surface area contributed by atoms with Crippen LogP contribution in [-0.2, 0) is 11.3 Å². The number of nitro benzene ring substituents is 1. The number of aromatic nitrogens is 2. The van der Waals surface area contributed by atoms with E-state index in [4.69, 9.17) is 16.3 Å². The minimum Gasteiger partial charge on any atom is -0.404 e. The molecule has 9 heteroatoms. The predicted molar refractivity (Wildman–Crippen MR) is 120 cm³/mol. The number of halogens is 1. The molecule has 0 amide bonds. The van der Waals surface area contributed by atoms with E-state index in [1.165, 1.54) is 29.0 Å². The van der Waals surface area contributed by atoms with Crippen molar-refractivity contribution < 1.29 is 19.2 Å². The molecular weight excluding hydrogens is 434 g/mol. The minimum absolute atomic E-state index is 0.0237. The summed E-state index contributed by atoms with van der Waals surface area (Å²) in [5, 5.41) is 15.1. The van der Waals surface area contributed by atoms with Gasteiger partial charge in [0.15, 0.2) is 0 Å². The molecule has 162 valence electrons. The number of rotatable bonds is 8. The third kappa shape index (κ3) is 4.98. The van der Waals surface area contributed by atoms with Gasteiger partial charge in [0.05, 0.1) is 22.2 Å². The normalized spacial score (nSPS) is 10.8. The van der Waals surface area contributed by atoms with Gasteiger partial charge in [0.2, 0.25) is 11.7 Å². The smallest absolute Gasteiger partial charge is 0.337 e. The second-order valence-electron chi connectivity index (χ2n) is 6.65. The molecule has 1 aromatic heterocycles. The molecule has 1 heterocycles. The highest BCUT2D eigenvalue weighted by Crippen LogP contribution is 2.30. The van der Waals surface area contributed by atoms with Crippen molar-refractivity contribution in [1.82, 2.24) is 9.78 Å². The third-order valence-corrected chi connectivity index (χ3v) is 4.74. The summed E-state index contributed by atoms with van der Waals surface area (Å²) in [6.45, 7) is 5.42. The number of hydrogen-bond donors (Lipinski definition) is 0. The summed E-state index contributed by atoms with van der Waals surface area (Å²) < 4.78 is 6.81. The lowest BCUT2D eigenvalue weighted by molar-refractivity contribution is -0.384. The second-order valence-corrected chi connectivity index (χ2v) is 7.06. The standard InChI is InChI=1S/C23H18ClN3O5/c1-3-13-26-23(32-20(28)12-9-16-7-5-4-6-8-16)21(15(2)25-26)22(29)18-11-10-17(27(30)31)14-19(18)24/h3-12,14H,1,13H2,2H3/b12-9+. The number of ketones is 1. The largest absolute Gasteiger partial charge is 0.404 e. The predicted octanol–water partition coefficient (Wildman–Crippen LogP) is 4.79. The number of nitro groups is 1. The van der Waals surface area contributed by atoms with E-state index >= 15 is 0 Å². The van der Waals surface area contributed by atoms with E-state index in [1.807, 2.05) is 30.3 Å². The summed E-state index contributed by atoms with van der Waals surface area (Å²) in [7, 11) is 0. The number of ether oxygens (including phenoxy) is 1. The summed E-state index contributed by atoms with van der Waals surface area (Å²) in [6, 6.07) is 12.7. The van der Waals surface area contributed by atoms with E-state index in [9.17, 15) is 19.7 Å². The Morgan fingerprint density at radius 3 is 2.59 bits per heavy atom. The molecule has 0 fully saturated rings. The van der Waals surface area contributed by atoms with E-state index in [-0.39, 0.29) is 34.3 Å². The van der Waals surface area contributed by atoms with Gasteiger partial charge < -0.3 is 4.74 Å². The number of carbonyl (C=O) groups is 2. The maximum Gasteiger partial charge on any atom is 0.337 e. The molecule has 0 aliphatic heterocycles. The maximum atomic E-state index is 13.2. The quantitative estimate of drug-likeness (QED) is 0.122. The Balaban J connectivity index is 1.97. The fourth-order valence-electron chi connectivity index (χ4n) is 2.97. The molecule has 0 aliphatic rings. The Morgan fingerprint density at radius 2 is 1.97 bits per heavy atom. The van der Waals surface area contributed by atoms with Gasteiger partial charge in [-0.2, -0.15) is 5.10 Å². The van der Waals surface area contributed by atoms with Crippen LogP contribution < -0.4 is 4.74 Å². The first-order valence-corrected chi connectivity index (χ1v) is 9.81. The Hall–Kier alpha value is -4.04. The van der Waals surface area contributed by atoms with Gasteiger partial charge in [0.25, 0.3) is 5.69 Å². The Labute approximate surface area is 188 Å². The average molecular weight is 452 g/mol.